The van der Waals surface area contributed by atoms with Crippen LogP contribution in [-0.4, -0.2) is 25.5 Å². The third kappa shape index (κ3) is 3.26. The minimum absolute atomic E-state index is 0.0598. The molecule has 23 heavy (non-hydrogen) atoms. The van der Waals surface area contributed by atoms with E-state index in [4.69, 9.17) is 0 Å². The van der Waals surface area contributed by atoms with E-state index < -0.39 is 13.9 Å². The average Bonchev–Trinajstić information content (AvgIpc) is 2.62. The van der Waals surface area contributed by atoms with Gasteiger partial charge in [-0.2, -0.15) is 0 Å². The number of benzene rings is 2. The summed E-state index contributed by atoms with van der Waals surface area (Å²) < 4.78 is 1.66. The Bertz CT molecular complexity index is 721. The maximum absolute atomic E-state index is 12.7. The van der Waals surface area contributed by atoms with Crippen molar-refractivity contribution in [1.29, 1.82) is 0 Å². The summed E-state index contributed by atoms with van der Waals surface area (Å²) in [7, 11) is 0. The molecule has 1 aliphatic rings. The molecule has 0 N–H and O–H groups in total. The van der Waals surface area contributed by atoms with Gasteiger partial charge in [0.05, 0.1) is 0 Å². The van der Waals surface area contributed by atoms with E-state index in [1.807, 2.05) is 72.8 Å². The summed E-state index contributed by atoms with van der Waals surface area (Å²) in [5.41, 5.74) is 1.39. The molecular formula is C20H17O2Se+. The number of carbonyl (C=O) groups is 2. The molecule has 0 amide bonds. The number of allylic oxidation sites excluding steroid dienone is 4. The van der Waals surface area contributed by atoms with Crippen LogP contribution in [0.15, 0.2) is 81.8 Å². The molecule has 3 rings (SSSR count). The van der Waals surface area contributed by atoms with Gasteiger partial charge in [-0.05, 0) is 0 Å². The van der Waals surface area contributed by atoms with Gasteiger partial charge in [-0.25, -0.2) is 0 Å². The first-order chi connectivity index (χ1) is 11.2. The van der Waals surface area contributed by atoms with E-state index in [0.29, 0.717) is 17.5 Å². The second-order valence-corrected chi connectivity index (χ2v) is 9.26. The molecular weight excluding hydrogens is 351 g/mol. The van der Waals surface area contributed by atoms with Gasteiger partial charge in [0.25, 0.3) is 0 Å². The number of ketones is 2. The van der Waals surface area contributed by atoms with Crippen LogP contribution in [-0.2, 0) is 0 Å². The van der Waals surface area contributed by atoms with Gasteiger partial charge in [-0.1, -0.05) is 0 Å². The molecule has 1 heterocycles. The fourth-order valence-electron chi connectivity index (χ4n) is 2.57. The molecule has 2 aromatic carbocycles. The molecule has 0 atom stereocenters. The first-order valence-corrected chi connectivity index (χ1v) is 10.9. The second-order valence-electron chi connectivity index (χ2n) is 5.27. The monoisotopic (exact) mass is 369 g/mol. The Morgan fingerprint density at radius 2 is 1.13 bits per heavy atom. The zero-order valence-corrected chi connectivity index (χ0v) is 14.6. The number of Topliss-reactive ketones (excluding diaryl/α,β-unsaturated/α-hetero) is 2. The maximum atomic E-state index is 12.7. The van der Waals surface area contributed by atoms with Crippen molar-refractivity contribution in [1.82, 2.24) is 0 Å². The van der Waals surface area contributed by atoms with E-state index in [1.165, 1.54) is 0 Å². The van der Waals surface area contributed by atoms with Crippen molar-refractivity contribution >= 4 is 25.5 Å². The van der Waals surface area contributed by atoms with E-state index in [1.54, 1.807) is 0 Å². The van der Waals surface area contributed by atoms with Crippen molar-refractivity contribution < 1.29 is 9.59 Å². The summed E-state index contributed by atoms with van der Waals surface area (Å²) in [6, 6.07) is 18.6. The predicted molar refractivity (Wildman–Crippen MR) is 93.9 cm³/mol. The van der Waals surface area contributed by atoms with Crippen molar-refractivity contribution in [2.24, 2.45) is 0 Å². The van der Waals surface area contributed by atoms with Gasteiger partial charge in [0, 0.05) is 0 Å². The third-order valence-electron chi connectivity index (χ3n) is 3.79. The summed E-state index contributed by atoms with van der Waals surface area (Å²) in [5.74, 6) is 2.17. The number of hydrogen-bond acceptors (Lipinski definition) is 2. The minimum atomic E-state index is -1.60. The zero-order valence-electron chi connectivity index (χ0n) is 12.9. The second kappa shape index (κ2) is 6.91. The SMILES string of the molecule is C[Se+]1C(C(=O)c2ccccc2)=CCC=C1C(=O)c1ccccc1. The van der Waals surface area contributed by atoms with Crippen molar-refractivity contribution in [3.63, 3.8) is 0 Å². The van der Waals surface area contributed by atoms with Gasteiger partial charge in [0.1, 0.15) is 0 Å². The van der Waals surface area contributed by atoms with E-state index in [0.717, 1.165) is 8.94 Å². The summed E-state index contributed by atoms with van der Waals surface area (Å²) >= 11 is -1.60. The van der Waals surface area contributed by atoms with Crippen LogP contribution in [0.5, 0.6) is 0 Å². The standard InChI is InChI=1S/C20H17O2Se/c1-23-17(19(21)15-9-4-2-5-10-15)13-8-14-18(23)20(22)16-11-6-3-7-12-16/h2-7,9-14H,8H2,1H3/q+1. The Morgan fingerprint density at radius 1 is 0.739 bits per heavy atom. The first-order valence-electron chi connectivity index (χ1n) is 7.44. The fraction of sp³-hybridized carbons (Fsp3) is 0.100. The summed E-state index contributed by atoms with van der Waals surface area (Å²) in [5, 5.41) is 0. The average molecular weight is 368 g/mol. The molecule has 1 aliphatic heterocycles. The zero-order chi connectivity index (χ0) is 16.2. The molecule has 3 heteroatoms. The molecule has 0 fully saturated rings. The molecule has 0 unspecified atom stereocenters. The van der Waals surface area contributed by atoms with Crippen molar-refractivity contribution in [2.75, 3.05) is 0 Å². The Balaban J connectivity index is 1.86. The van der Waals surface area contributed by atoms with Crippen molar-refractivity contribution in [3.8, 4) is 0 Å². The van der Waals surface area contributed by atoms with E-state index >= 15 is 0 Å². The van der Waals surface area contributed by atoms with Crippen LogP contribution in [0.25, 0.3) is 0 Å². The van der Waals surface area contributed by atoms with E-state index in [-0.39, 0.29) is 11.6 Å². The Labute approximate surface area is 140 Å². The van der Waals surface area contributed by atoms with Crippen LogP contribution in [0, 0.1) is 0 Å². The molecule has 0 saturated heterocycles. The van der Waals surface area contributed by atoms with Gasteiger partial charge >= 0.3 is 140 Å². The van der Waals surface area contributed by atoms with Gasteiger partial charge in [-0.3, -0.25) is 0 Å². The third-order valence-corrected chi connectivity index (χ3v) is 8.03. The molecule has 0 radical (unpaired) electrons. The fourth-order valence-corrected chi connectivity index (χ4v) is 6.18. The van der Waals surface area contributed by atoms with E-state index in [9.17, 15) is 9.59 Å². The predicted octanol–water partition coefficient (Wildman–Crippen LogP) is 4.21. The summed E-state index contributed by atoms with van der Waals surface area (Å²) in [6.45, 7) is 0. The van der Waals surface area contributed by atoms with Gasteiger partial charge < -0.3 is 0 Å². The molecule has 0 bridgehead atoms. The summed E-state index contributed by atoms with van der Waals surface area (Å²) in [6.07, 6.45) is 4.62. The molecule has 0 spiro atoms. The van der Waals surface area contributed by atoms with Crippen LogP contribution >= 0.6 is 0 Å². The van der Waals surface area contributed by atoms with Crippen LogP contribution in [0.3, 0.4) is 0 Å². The topological polar surface area (TPSA) is 34.1 Å². The molecule has 114 valence electrons. The van der Waals surface area contributed by atoms with Crippen LogP contribution in [0.1, 0.15) is 27.1 Å². The van der Waals surface area contributed by atoms with Gasteiger partial charge in [-0.15, -0.1) is 0 Å². The molecule has 0 saturated carbocycles. The molecule has 0 aromatic heterocycles. The quantitative estimate of drug-likeness (QED) is 0.598. The van der Waals surface area contributed by atoms with Crippen LogP contribution in [0.2, 0.25) is 5.82 Å². The number of hydrogen-bond donors (Lipinski definition) is 0. The van der Waals surface area contributed by atoms with Crippen molar-refractivity contribution in [3.05, 3.63) is 92.9 Å². The number of carbonyl (C=O) groups excluding carboxylic acids is 2. The molecule has 0 aliphatic carbocycles. The van der Waals surface area contributed by atoms with Crippen LogP contribution in [0.4, 0.5) is 0 Å². The normalized spacial score (nSPS) is 14.8. The van der Waals surface area contributed by atoms with Gasteiger partial charge in [0.2, 0.25) is 0 Å². The Hall–Kier alpha value is -2.22. The first kappa shape index (κ1) is 15.7. The Morgan fingerprint density at radius 3 is 1.52 bits per heavy atom. The molecule has 2 aromatic rings. The van der Waals surface area contributed by atoms with Crippen molar-refractivity contribution in [2.45, 2.75) is 12.2 Å². The van der Waals surface area contributed by atoms with Gasteiger partial charge in [0.15, 0.2) is 0 Å². The molecule has 2 nitrogen and oxygen atoms in total. The summed E-state index contributed by atoms with van der Waals surface area (Å²) in [4.78, 5) is 25.5. The van der Waals surface area contributed by atoms with E-state index in [2.05, 4.69) is 5.82 Å². The number of rotatable bonds is 4. The van der Waals surface area contributed by atoms with Crippen LogP contribution < -0.4 is 0 Å². The Kier molecular flexibility index (Phi) is 4.70.